The SMILES string of the molecule is O=S(=O)(NCCn1ccnn1)c1ccc(CO)cn1. The molecule has 2 N–H and O–H groups in total. The van der Waals surface area contributed by atoms with E-state index in [1.54, 1.807) is 6.20 Å². The number of hydrogen-bond donors (Lipinski definition) is 2. The Hall–Kier alpha value is -1.84. The molecule has 0 aliphatic carbocycles. The Morgan fingerprint density at radius 3 is 2.79 bits per heavy atom. The lowest BCUT2D eigenvalue weighted by molar-refractivity contribution is 0.281. The first-order valence-electron chi connectivity index (χ1n) is 5.51. The van der Waals surface area contributed by atoms with Gasteiger partial charge in [-0.2, -0.15) is 0 Å². The molecule has 0 saturated heterocycles. The van der Waals surface area contributed by atoms with Crippen molar-refractivity contribution >= 4 is 10.0 Å². The van der Waals surface area contributed by atoms with Crippen molar-refractivity contribution in [1.29, 1.82) is 0 Å². The average Bonchev–Trinajstić information content (AvgIpc) is 2.92. The molecule has 0 unspecified atom stereocenters. The Morgan fingerprint density at radius 1 is 1.37 bits per heavy atom. The van der Waals surface area contributed by atoms with E-state index in [9.17, 15) is 8.42 Å². The second-order valence-corrected chi connectivity index (χ2v) is 5.44. The molecule has 0 aliphatic heterocycles. The van der Waals surface area contributed by atoms with Gasteiger partial charge < -0.3 is 5.11 Å². The van der Waals surface area contributed by atoms with Gasteiger partial charge >= 0.3 is 0 Å². The van der Waals surface area contributed by atoms with Crippen molar-refractivity contribution in [2.75, 3.05) is 6.54 Å². The lowest BCUT2D eigenvalue weighted by Crippen LogP contribution is -2.28. The van der Waals surface area contributed by atoms with Gasteiger partial charge in [0, 0.05) is 18.9 Å². The van der Waals surface area contributed by atoms with Crippen molar-refractivity contribution in [3.63, 3.8) is 0 Å². The molecule has 8 nitrogen and oxygen atoms in total. The Kier molecular flexibility index (Phi) is 4.20. The molecular formula is C10H13N5O3S. The third-order valence-corrected chi connectivity index (χ3v) is 3.74. The number of nitrogens with one attached hydrogen (secondary N) is 1. The number of aliphatic hydroxyl groups is 1. The number of rotatable bonds is 6. The molecule has 0 fully saturated rings. The number of hydrogen-bond acceptors (Lipinski definition) is 6. The molecule has 2 rings (SSSR count). The standard InChI is InChI=1S/C10H13N5O3S/c16-8-9-1-2-10(11-7-9)19(17,18)13-4-6-15-5-3-12-14-15/h1-3,5,7,13,16H,4,6,8H2. The topological polar surface area (TPSA) is 110 Å². The molecule has 2 aromatic rings. The minimum absolute atomic E-state index is 0.0803. The second kappa shape index (κ2) is 5.87. The van der Waals surface area contributed by atoms with Crippen molar-refractivity contribution in [3.05, 3.63) is 36.3 Å². The van der Waals surface area contributed by atoms with Crippen LogP contribution >= 0.6 is 0 Å². The van der Waals surface area contributed by atoms with E-state index in [0.717, 1.165) is 0 Å². The molecule has 2 aromatic heterocycles. The molecule has 102 valence electrons. The molecular weight excluding hydrogens is 270 g/mol. The largest absolute Gasteiger partial charge is 0.392 e. The quantitative estimate of drug-likeness (QED) is 0.714. The molecule has 0 amide bonds. The summed E-state index contributed by atoms with van der Waals surface area (Å²) in [6.07, 6.45) is 4.48. The van der Waals surface area contributed by atoms with Crippen molar-refractivity contribution in [2.24, 2.45) is 0 Å². The highest BCUT2D eigenvalue weighted by atomic mass is 32.2. The first-order chi connectivity index (χ1) is 9.12. The van der Waals surface area contributed by atoms with Crippen LogP contribution in [0, 0.1) is 0 Å². The molecule has 0 spiro atoms. The third-order valence-electron chi connectivity index (χ3n) is 2.36. The van der Waals surface area contributed by atoms with Crippen molar-refractivity contribution < 1.29 is 13.5 Å². The van der Waals surface area contributed by atoms with Gasteiger partial charge in [-0.05, 0) is 11.6 Å². The summed E-state index contributed by atoms with van der Waals surface area (Å²) in [6.45, 7) is 0.399. The number of aromatic nitrogens is 4. The Bertz CT molecular complexity index is 609. The molecule has 9 heteroatoms. The fraction of sp³-hybridized carbons (Fsp3) is 0.300. The van der Waals surface area contributed by atoms with E-state index < -0.39 is 10.0 Å². The summed E-state index contributed by atoms with van der Waals surface area (Å²) < 4.78 is 27.7. The van der Waals surface area contributed by atoms with Crippen LogP contribution in [0.5, 0.6) is 0 Å². The van der Waals surface area contributed by atoms with Gasteiger partial charge in [-0.15, -0.1) is 5.10 Å². The van der Waals surface area contributed by atoms with Crippen LogP contribution in [0.1, 0.15) is 5.56 Å². The highest BCUT2D eigenvalue weighted by molar-refractivity contribution is 7.89. The van der Waals surface area contributed by atoms with E-state index in [1.165, 1.54) is 29.2 Å². The zero-order valence-corrected chi connectivity index (χ0v) is 10.8. The molecule has 0 aliphatic rings. The second-order valence-electron chi connectivity index (χ2n) is 3.73. The van der Waals surface area contributed by atoms with Gasteiger partial charge in [-0.3, -0.25) is 4.68 Å². The Labute approximate surface area is 110 Å². The Morgan fingerprint density at radius 2 is 2.21 bits per heavy atom. The summed E-state index contributed by atoms with van der Waals surface area (Å²) in [4.78, 5) is 3.79. The van der Waals surface area contributed by atoms with Crippen LogP contribution in [0.25, 0.3) is 0 Å². The van der Waals surface area contributed by atoms with Crippen molar-refractivity contribution in [2.45, 2.75) is 18.2 Å². The minimum Gasteiger partial charge on any atom is -0.392 e. The first-order valence-corrected chi connectivity index (χ1v) is 7.00. The van der Waals surface area contributed by atoms with Crippen molar-refractivity contribution in [1.82, 2.24) is 24.7 Å². The summed E-state index contributed by atoms with van der Waals surface area (Å²) >= 11 is 0. The smallest absolute Gasteiger partial charge is 0.258 e. The van der Waals surface area contributed by atoms with Crippen LogP contribution in [0.2, 0.25) is 0 Å². The number of pyridine rings is 1. The van der Waals surface area contributed by atoms with Crippen LogP contribution in [0.3, 0.4) is 0 Å². The van der Waals surface area contributed by atoms with E-state index in [4.69, 9.17) is 5.11 Å². The lowest BCUT2D eigenvalue weighted by Gasteiger charge is -2.06. The van der Waals surface area contributed by atoms with Gasteiger partial charge in [0.2, 0.25) is 0 Å². The van der Waals surface area contributed by atoms with Gasteiger partial charge in [-0.1, -0.05) is 11.3 Å². The van der Waals surface area contributed by atoms with E-state index in [2.05, 4.69) is 20.0 Å². The zero-order valence-electron chi connectivity index (χ0n) is 9.97. The van der Waals surface area contributed by atoms with Crippen LogP contribution in [-0.2, 0) is 23.2 Å². The highest BCUT2D eigenvalue weighted by Crippen LogP contribution is 2.06. The highest BCUT2D eigenvalue weighted by Gasteiger charge is 2.14. The van der Waals surface area contributed by atoms with Crippen LogP contribution < -0.4 is 4.72 Å². The molecule has 0 radical (unpaired) electrons. The van der Waals surface area contributed by atoms with Gasteiger partial charge in [0.15, 0.2) is 5.03 Å². The van der Waals surface area contributed by atoms with E-state index in [0.29, 0.717) is 12.1 Å². The Balaban J connectivity index is 1.97. The molecule has 0 bridgehead atoms. The maximum absolute atomic E-state index is 11.9. The minimum atomic E-state index is -3.64. The van der Waals surface area contributed by atoms with Crippen molar-refractivity contribution in [3.8, 4) is 0 Å². The number of aliphatic hydroxyl groups excluding tert-OH is 1. The third kappa shape index (κ3) is 3.56. The lowest BCUT2D eigenvalue weighted by atomic mass is 10.3. The van der Waals surface area contributed by atoms with Crippen LogP contribution in [-0.4, -0.2) is 40.0 Å². The monoisotopic (exact) mass is 283 g/mol. The van der Waals surface area contributed by atoms with Gasteiger partial charge in [0.25, 0.3) is 10.0 Å². The van der Waals surface area contributed by atoms with Crippen LogP contribution in [0.4, 0.5) is 0 Å². The zero-order chi connectivity index (χ0) is 13.7. The summed E-state index contributed by atoms with van der Waals surface area (Å²) in [6, 6.07) is 2.86. The molecule has 0 aromatic carbocycles. The summed E-state index contributed by atoms with van der Waals surface area (Å²) in [5.74, 6) is 0. The van der Waals surface area contributed by atoms with Gasteiger partial charge in [0.05, 0.1) is 19.3 Å². The number of nitrogens with zero attached hydrogens (tertiary/aromatic N) is 4. The van der Waals surface area contributed by atoms with E-state index >= 15 is 0 Å². The molecule has 2 heterocycles. The summed E-state index contributed by atoms with van der Waals surface area (Å²) in [5.41, 5.74) is 0.557. The predicted molar refractivity (Wildman–Crippen MR) is 65.4 cm³/mol. The van der Waals surface area contributed by atoms with Gasteiger partial charge in [-0.25, -0.2) is 18.1 Å². The number of sulfonamides is 1. The first kappa shape index (κ1) is 13.6. The molecule has 0 saturated carbocycles. The van der Waals surface area contributed by atoms with Crippen LogP contribution in [0.15, 0.2) is 35.7 Å². The molecule has 19 heavy (non-hydrogen) atoms. The average molecular weight is 283 g/mol. The summed E-state index contributed by atoms with van der Waals surface area (Å²) in [5, 5.41) is 16.1. The summed E-state index contributed by atoms with van der Waals surface area (Å²) in [7, 11) is -3.64. The van der Waals surface area contributed by atoms with E-state index in [-0.39, 0.29) is 18.2 Å². The molecule has 0 atom stereocenters. The normalized spacial score (nSPS) is 11.6. The fourth-order valence-electron chi connectivity index (χ4n) is 1.38. The maximum atomic E-state index is 11.9. The predicted octanol–water partition coefficient (Wildman–Crippen LogP) is -0.856. The van der Waals surface area contributed by atoms with Gasteiger partial charge in [0.1, 0.15) is 0 Å². The van der Waals surface area contributed by atoms with E-state index in [1.807, 2.05) is 0 Å². The maximum Gasteiger partial charge on any atom is 0.258 e. The fourth-order valence-corrected chi connectivity index (χ4v) is 2.33.